The van der Waals surface area contributed by atoms with E-state index < -0.39 is 17.8 Å². The van der Waals surface area contributed by atoms with Crippen molar-refractivity contribution in [3.8, 4) is 0 Å². The monoisotopic (exact) mass is 330 g/mol. The van der Waals surface area contributed by atoms with Gasteiger partial charge in [0.15, 0.2) is 0 Å². The second kappa shape index (κ2) is 7.03. The number of hydrogen-bond donors (Lipinski definition) is 2. The first-order valence-corrected chi connectivity index (χ1v) is 8.42. The predicted molar refractivity (Wildman–Crippen MR) is 87.0 cm³/mol. The van der Waals surface area contributed by atoms with Gasteiger partial charge in [0.25, 0.3) is 0 Å². The van der Waals surface area contributed by atoms with E-state index in [1.165, 1.54) is 0 Å². The van der Waals surface area contributed by atoms with Crippen LogP contribution in [0.4, 0.5) is 0 Å². The molecule has 6 nitrogen and oxygen atoms in total. The van der Waals surface area contributed by atoms with Gasteiger partial charge in [0.1, 0.15) is 0 Å². The number of likely N-dealkylation sites (tertiary alicyclic amines) is 1. The highest BCUT2D eigenvalue weighted by atomic mass is 16.4. The lowest BCUT2D eigenvalue weighted by atomic mass is 9.73. The minimum Gasteiger partial charge on any atom is -0.481 e. The smallest absolute Gasteiger partial charge is 0.307 e. The Morgan fingerprint density at radius 3 is 2.46 bits per heavy atom. The summed E-state index contributed by atoms with van der Waals surface area (Å²) in [6.45, 7) is 1.14. The highest BCUT2D eigenvalue weighted by Crippen LogP contribution is 2.35. The molecule has 1 aliphatic carbocycles. The molecule has 1 heterocycles. The Kier molecular flexibility index (Phi) is 4.83. The molecule has 3 rings (SSSR count). The van der Waals surface area contributed by atoms with E-state index in [0.717, 1.165) is 12.0 Å². The maximum Gasteiger partial charge on any atom is 0.307 e. The van der Waals surface area contributed by atoms with Gasteiger partial charge in [-0.25, -0.2) is 0 Å². The summed E-state index contributed by atoms with van der Waals surface area (Å²) in [5.41, 5.74) is 0.928. The summed E-state index contributed by atoms with van der Waals surface area (Å²) < 4.78 is 0. The van der Waals surface area contributed by atoms with Crippen LogP contribution in [0.2, 0.25) is 0 Å². The lowest BCUT2D eigenvalue weighted by molar-refractivity contribution is -0.153. The van der Waals surface area contributed by atoms with Gasteiger partial charge in [0.2, 0.25) is 11.8 Å². The fourth-order valence-electron chi connectivity index (χ4n) is 3.43. The van der Waals surface area contributed by atoms with E-state index in [9.17, 15) is 14.4 Å². The first-order chi connectivity index (χ1) is 11.6. The molecular formula is C18H22N2O4. The first kappa shape index (κ1) is 16.5. The van der Waals surface area contributed by atoms with Crippen molar-refractivity contribution in [2.45, 2.75) is 31.7 Å². The van der Waals surface area contributed by atoms with Crippen LogP contribution in [0.1, 0.15) is 37.3 Å². The van der Waals surface area contributed by atoms with Gasteiger partial charge in [-0.1, -0.05) is 30.3 Å². The molecule has 0 radical (unpaired) electrons. The number of carbonyl (C=O) groups excluding carboxylic acids is 2. The van der Waals surface area contributed by atoms with Gasteiger partial charge >= 0.3 is 5.97 Å². The molecule has 3 unspecified atom stereocenters. The molecular weight excluding hydrogens is 308 g/mol. The van der Waals surface area contributed by atoms with Crippen LogP contribution < -0.4 is 5.32 Å². The molecule has 1 saturated heterocycles. The summed E-state index contributed by atoms with van der Waals surface area (Å²) in [5.74, 6) is -2.09. The minimum atomic E-state index is -0.910. The number of rotatable bonds is 6. The number of nitrogens with one attached hydrogen (secondary N) is 1. The molecule has 6 heteroatoms. The van der Waals surface area contributed by atoms with Crippen LogP contribution in [-0.4, -0.2) is 40.9 Å². The SMILES string of the molecule is O=C(O)C1CCC1C(=O)NC(CN1CCCC1=O)c1ccccc1. The quantitative estimate of drug-likeness (QED) is 0.829. The third kappa shape index (κ3) is 3.42. The molecule has 1 aromatic carbocycles. The lowest BCUT2D eigenvalue weighted by Crippen LogP contribution is -2.47. The van der Waals surface area contributed by atoms with E-state index in [4.69, 9.17) is 5.11 Å². The summed E-state index contributed by atoms with van der Waals surface area (Å²) in [6, 6.07) is 9.21. The Hall–Kier alpha value is -2.37. The zero-order chi connectivity index (χ0) is 17.1. The molecule has 1 aliphatic heterocycles. The van der Waals surface area contributed by atoms with Gasteiger partial charge in [-0.05, 0) is 24.8 Å². The van der Waals surface area contributed by atoms with Crippen LogP contribution in [0.25, 0.3) is 0 Å². The van der Waals surface area contributed by atoms with Crippen molar-refractivity contribution >= 4 is 17.8 Å². The van der Waals surface area contributed by atoms with Crippen LogP contribution in [0, 0.1) is 11.8 Å². The average Bonchev–Trinajstić information content (AvgIpc) is 2.91. The van der Waals surface area contributed by atoms with Crippen molar-refractivity contribution in [2.75, 3.05) is 13.1 Å². The fourth-order valence-corrected chi connectivity index (χ4v) is 3.43. The minimum absolute atomic E-state index is 0.109. The summed E-state index contributed by atoms with van der Waals surface area (Å²) >= 11 is 0. The number of carboxylic acid groups (broad SMARTS) is 1. The van der Waals surface area contributed by atoms with E-state index in [0.29, 0.717) is 32.4 Å². The molecule has 0 bridgehead atoms. The second-order valence-electron chi connectivity index (χ2n) is 6.54. The normalized spacial score (nSPS) is 24.3. The van der Waals surface area contributed by atoms with Crippen LogP contribution in [0.3, 0.4) is 0 Å². The zero-order valence-corrected chi connectivity index (χ0v) is 13.5. The van der Waals surface area contributed by atoms with Crippen LogP contribution >= 0.6 is 0 Å². The molecule has 0 spiro atoms. The number of nitrogens with zero attached hydrogens (tertiary/aromatic N) is 1. The van der Waals surface area contributed by atoms with Crippen molar-refractivity contribution < 1.29 is 19.5 Å². The van der Waals surface area contributed by atoms with Gasteiger partial charge in [0, 0.05) is 19.5 Å². The third-order valence-corrected chi connectivity index (χ3v) is 5.02. The van der Waals surface area contributed by atoms with Crippen molar-refractivity contribution in [2.24, 2.45) is 11.8 Å². The summed E-state index contributed by atoms with van der Waals surface area (Å²) in [6.07, 6.45) is 2.55. The standard InChI is InChI=1S/C18H22N2O4/c21-16-7-4-10-20(16)11-15(12-5-2-1-3-6-12)19-17(22)13-8-9-14(13)18(23)24/h1-3,5-6,13-15H,4,7-11H2,(H,19,22)(H,23,24). The topological polar surface area (TPSA) is 86.7 Å². The lowest BCUT2D eigenvalue weighted by Gasteiger charge is -2.34. The summed E-state index contributed by atoms with van der Waals surface area (Å²) in [5, 5.41) is 12.1. The highest BCUT2D eigenvalue weighted by Gasteiger charge is 2.42. The maximum absolute atomic E-state index is 12.5. The number of amides is 2. The summed E-state index contributed by atoms with van der Waals surface area (Å²) in [4.78, 5) is 37.3. The van der Waals surface area contributed by atoms with Crippen LogP contribution in [0.15, 0.2) is 30.3 Å². The van der Waals surface area contributed by atoms with Crippen LogP contribution in [-0.2, 0) is 14.4 Å². The number of carboxylic acids is 1. The van der Waals surface area contributed by atoms with E-state index in [1.807, 2.05) is 30.3 Å². The average molecular weight is 330 g/mol. The number of hydrogen-bond acceptors (Lipinski definition) is 3. The van der Waals surface area contributed by atoms with E-state index in [-0.39, 0.29) is 17.9 Å². The molecule has 2 amide bonds. The molecule has 2 N–H and O–H groups in total. The summed E-state index contributed by atoms with van der Waals surface area (Å²) in [7, 11) is 0. The molecule has 0 aromatic heterocycles. The van der Waals surface area contributed by atoms with Gasteiger partial charge in [0.05, 0.1) is 17.9 Å². The van der Waals surface area contributed by atoms with Crippen molar-refractivity contribution in [1.29, 1.82) is 0 Å². The Morgan fingerprint density at radius 2 is 1.92 bits per heavy atom. The predicted octanol–water partition coefficient (Wildman–Crippen LogP) is 1.58. The fraction of sp³-hybridized carbons (Fsp3) is 0.500. The Labute approximate surface area is 140 Å². The number of carbonyl (C=O) groups is 3. The Bertz CT molecular complexity index is 631. The largest absolute Gasteiger partial charge is 0.481 e. The molecule has 2 fully saturated rings. The van der Waals surface area contributed by atoms with Crippen LogP contribution in [0.5, 0.6) is 0 Å². The molecule has 128 valence electrons. The second-order valence-corrected chi connectivity index (χ2v) is 6.54. The Morgan fingerprint density at radius 1 is 1.21 bits per heavy atom. The highest BCUT2D eigenvalue weighted by molar-refractivity contribution is 5.86. The maximum atomic E-state index is 12.5. The van der Waals surface area contributed by atoms with E-state index in [1.54, 1.807) is 4.90 Å². The third-order valence-electron chi connectivity index (χ3n) is 5.02. The van der Waals surface area contributed by atoms with E-state index in [2.05, 4.69) is 5.32 Å². The van der Waals surface area contributed by atoms with Crippen molar-refractivity contribution in [3.63, 3.8) is 0 Å². The zero-order valence-electron chi connectivity index (χ0n) is 13.5. The number of benzene rings is 1. The molecule has 2 aliphatic rings. The molecule has 1 saturated carbocycles. The number of aliphatic carboxylic acids is 1. The van der Waals surface area contributed by atoms with E-state index >= 15 is 0 Å². The molecule has 1 aromatic rings. The molecule has 3 atom stereocenters. The van der Waals surface area contributed by atoms with Gasteiger partial charge in [-0.15, -0.1) is 0 Å². The Balaban J connectivity index is 1.71. The molecule has 24 heavy (non-hydrogen) atoms. The van der Waals surface area contributed by atoms with Gasteiger partial charge < -0.3 is 15.3 Å². The van der Waals surface area contributed by atoms with Gasteiger partial charge in [-0.3, -0.25) is 14.4 Å². The first-order valence-electron chi connectivity index (χ1n) is 8.42. The van der Waals surface area contributed by atoms with Gasteiger partial charge in [-0.2, -0.15) is 0 Å². The van der Waals surface area contributed by atoms with Crippen molar-refractivity contribution in [1.82, 2.24) is 10.2 Å². The van der Waals surface area contributed by atoms with Crippen molar-refractivity contribution in [3.05, 3.63) is 35.9 Å².